The van der Waals surface area contributed by atoms with E-state index in [0.717, 1.165) is 11.1 Å². The first-order valence-corrected chi connectivity index (χ1v) is 8.49. The molecule has 0 saturated heterocycles. The Kier molecular flexibility index (Phi) is 3.35. The summed E-state index contributed by atoms with van der Waals surface area (Å²) in [5.74, 6) is 0.0331. The standard InChI is InChI=1S/C20H14F2N6/c21-11-5-6-14-18(17(11)24)28-20(25-14)10-4-2-1-3-9(10)19-26-15-7-12(22)13(23)8-16(15)27-19/h1-8H,23-24H2,(H,25,28)(H,26,27). The molecule has 0 fully saturated rings. The van der Waals surface area contributed by atoms with E-state index < -0.39 is 11.6 Å². The smallest absolute Gasteiger partial charge is 0.148 e. The molecule has 6 nitrogen and oxygen atoms in total. The molecular weight excluding hydrogens is 362 g/mol. The summed E-state index contributed by atoms with van der Waals surface area (Å²) in [7, 11) is 0. The van der Waals surface area contributed by atoms with E-state index in [1.54, 1.807) is 6.07 Å². The van der Waals surface area contributed by atoms with E-state index in [2.05, 4.69) is 19.9 Å². The first-order valence-electron chi connectivity index (χ1n) is 8.49. The molecule has 0 bridgehead atoms. The zero-order valence-corrected chi connectivity index (χ0v) is 14.4. The molecule has 5 aromatic rings. The van der Waals surface area contributed by atoms with E-state index in [-0.39, 0.29) is 11.4 Å². The summed E-state index contributed by atoms with van der Waals surface area (Å²) < 4.78 is 27.5. The molecule has 5 rings (SSSR count). The fourth-order valence-electron chi connectivity index (χ4n) is 3.27. The molecule has 2 heterocycles. The zero-order valence-electron chi connectivity index (χ0n) is 14.4. The summed E-state index contributed by atoms with van der Waals surface area (Å²) in [6, 6.07) is 13.1. The molecule has 0 aliphatic heterocycles. The van der Waals surface area contributed by atoms with Crippen molar-refractivity contribution >= 4 is 33.4 Å². The third-order valence-corrected chi connectivity index (χ3v) is 4.68. The van der Waals surface area contributed by atoms with E-state index in [1.165, 1.54) is 18.2 Å². The highest BCUT2D eigenvalue weighted by Crippen LogP contribution is 2.33. The molecule has 0 unspecified atom stereocenters. The number of hydrogen-bond acceptors (Lipinski definition) is 4. The van der Waals surface area contributed by atoms with Crippen molar-refractivity contribution in [3.05, 3.63) is 60.2 Å². The maximum absolute atomic E-state index is 13.8. The van der Waals surface area contributed by atoms with Gasteiger partial charge in [-0.05, 0) is 18.2 Å². The number of nitrogens with zero attached hydrogens (tertiary/aromatic N) is 2. The van der Waals surface area contributed by atoms with Gasteiger partial charge in [0.05, 0.1) is 27.9 Å². The molecule has 3 aromatic carbocycles. The first-order chi connectivity index (χ1) is 13.5. The number of nitrogen functional groups attached to an aromatic ring is 2. The first kappa shape index (κ1) is 16.2. The average Bonchev–Trinajstić information content (AvgIpc) is 3.30. The van der Waals surface area contributed by atoms with E-state index in [4.69, 9.17) is 11.5 Å². The van der Waals surface area contributed by atoms with E-state index >= 15 is 0 Å². The fraction of sp³-hybridized carbons (Fsp3) is 0. The lowest BCUT2D eigenvalue weighted by molar-refractivity contribution is 0.633. The van der Waals surface area contributed by atoms with Crippen LogP contribution in [0.2, 0.25) is 0 Å². The summed E-state index contributed by atoms with van der Waals surface area (Å²) in [4.78, 5) is 15.3. The summed E-state index contributed by atoms with van der Waals surface area (Å²) in [6.45, 7) is 0. The molecule has 8 heteroatoms. The van der Waals surface area contributed by atoms with Crippen molar-refractivity contribution in [2.24, 2.45) is 0 Å². The van der Waals surface area contributed by atoms with Crippen molar-refractivity contribution in [3.63, 3.8) is 0 Å². The quantitative estimate of drug-likeness (QED) is 0.346. The van der Waals surface area contributed by atoms with Crippen LogP contribution >= 0.6 is 0 Å². The lowest BCUT2D eigenvalue weighted by Crippen LogP contribution is -1.91. The SMILES string of the molecule is Nc1cc2nc(-c3ccccc3-c3nc4c(N)c(F)ccc4[nH]3)[nH]c2cc1F. The summed E-state index contributed by atoms with van der Waals surface area (Å²) in [6.07, 6.45) is 0. The van der Waals surface area contributed by atoms with E-state index in [9.17, 15) is 8.78 Å². The Bertz CT molecular complexity index is 1330. The molecule has 6 N–H and O–H groups in total. The Labute approximate surface area is 157 Å². The van der Waals surface area contributed by atoms with Crippen LogP contribution < -0.4 is 11.5 Å². The minimum Gasteiger partial charge on any atom is -0.396 e. The topological polar surface area (TPSA) is 109 Å². The fourth-order valence-corrected chi connectivity index (χ4v) is 3.27. The van der Waals surface area contributed by atoms with Crippen LogP contribution in [0.5, 0.6) is 0 Å². The molecule has 0 amide bonds. The number of nitrogens with two attached hydrogens (primary N) is 2. The van der Waals surface area contributed by atoms with Crippen LogP contribution in [0.15, 0.2) is 48.5 Å². The Morgan fingerprint density at radius 3 is 2.18 bits per heavy atom. The van der Waals surface area contributed by atoms with Crippen LogP contribution in [-0.4, -0.2) is 19.9 Å². The minimum atomic E-state index is -0.518. The third kappa shape index (κ3) is 2.38. The second-order valence-corrected chi connectivity index (χ2v) is 6.46. The number of hydrogen-bond donors (Lipinski definition) is 4. The molecule has 0 saturated carbocycles. The molecule has 0 aliphatic rings. The highest BCUT2D eigenvalue weighted by molar-refractivity contribution is 5.92. The normalized spacial score (nSPS) is 11.5. The van der Waals surface area contributed by atoms with Crippen LogP contribution in [0.3, 0.4) is 0 Å². The molecule has 0 spiro atoms. The predicted octanol–water partition coefficient (Wildman–Crippen LogP) is 4.22. The number of nitrogens with one attached hydrogen (secondary N) is 2. The van der Waals surface area contributed by atoms with Crippen molar-refractivity contribution in [1.82, 2.24) is 19.9 Å². The number of anilines is 2. The molecule has 2 aromatic heterocycles. The summed E-state index contributed by atoms with van der Waals surface area (Å²) in [5.41, 5.74) is 15.1. The second kappa shape index (κ2) is 5.78. The molecule has 0 atom stereocenters. The maximum Gasteiger partial charge on any atom is 0.148 e. The lowest BCUT2D eigenvalue weighted by Gasteiger charge is -2.04. The highest BCUT2D eigenvalue weighted by atomic mass is 19.1. The number of halogens is 2. The number of H-pyrrole nitrogens is 2. The van der Waals surface area contributed by atoms with Crippen molar-refractivity contribution in [3.8, 4) is 22.8 Å². The lowest BCUT2D eigenvalue weighted by atomic mass is 10.1. The van der Waals surface area contributed by atoms with Crippen LogP contribution in [0.1, 0.15) is 0 Å². The van der Waals surface area contributed by atoms with Gasteiger partial charge in [-0.1, -0.05) is 24.3 Å². The van der Waals surface area contributed by atoms with Crippen LogP contribution in [-0.2, 0) is 0 Å². The highest BCUT2D eigenvalue weighted by Gasteiger charge is 2.16. The van der Waals surface area contributed by atoms with Gasteiger partial charge in [-0.3, -0.25) is 0 Å². The van der Waals surface area contributed by atoms with Crippen LogP contribution in [0, 0.1) is 11.6 Å². The number of aromatic amines is 2. The van der Waals surface area contributed by atoms with Gasteiger partial charge in [0.2, 0.25) is 0 Å². The predicted molar refractivity (Wildman–Crippen MR) is 105 cm³/mol. The van der Waals surface area contributed by atoms with Gasteiger partial charge in [-0.25, -0.2) is 18.7 Å². The Balaban J connectivity index is 1.71. The molecule has 0 radical (unpaired) electrons. The second-order valence-electron chi connectivity index (χ2n) is 6.46. The van der Waals surface area contributed by atoms with Gasteiger partial charge < -0.3 is 21.4 Å². The Hall–Kier alpha value is -3.94. The number of rotatable bonds is 2. The van der Waals surface area contributed by atoms with Crippen molar-refractivity contribution in [2.45, 2.75) is 0 Å². The molecule has 28 heavy (non-hydrogen) atoms. The molecule has 138 valence electrons. The molecule has 0 aliphatic carbocycles. The van der Waals surface area contributed by atoms with Crippen molar-refractivity contribution < 1.29 is 8.78 Å². The minimum absolute atomic E-state index is 0.00725. The Morgan fingerprint density at radius 2 is 1.43 bits per heavy atom. The van der Waals surface area contributed by atoms with E-state index in [1.807, 2.05) is 24.3 Å². The van der Waals surface area contributed by atoms with Gasteiger partial charge in [-0.15, -0.1) is 0 Å². The van der Waals surface area contributed by atoms with Gasteiger partial charge in [0.1, 0.15) is 28.8 Å². The number of imidazole rings is 2. The van der Waals surface area contributed by atoms with Crippen molar-refractivity contribution in [2.75, 3.05) is 11.5 Å². The monoisotopic (exact) mass is 376 g/mol. The summed E-state index contributed by atoms with van der Waals surface area (Å²) in [5, 5.41) is 0. The van der Waals surface area contributed by atoms with E-state index in [0.29, 0.717) is 33.7 Å². The number of fused-ring (bicyclic) bond motifs is 2. The Morgan fingerprint density at radius 1 is 0.750 bits per heavy atom. The zero-order chi connectivity index (χ0) is 19.4. The van der Waals surface area contributed by atoms with Crippen molar-refractivity contribution in [1.29, 1.82) is 0 Å². The largest absolute Gasteiger partial charge is 0.396 e. The summed E-state index contributed by atoms with van der Waals surface area (Å²) >= 11 is 0. The van der Waals surface area contributed by atoms with Crippen LogP contribution in [0.4, 0.5) is 20.2 Å². The van der Waals surface area contributed by atoms with Gasteiger partial charge in [0.25, 0.3) is 0 Å². The van der Waals surface area contributed by atoms with Gasteiger partial charge in [0, 0.05) is 17.2 Å². The average molecular weight is 376 g/mol. The van der Waals surface area contributed by atoms with Gasteiger partial charge >= 0.3 is 0 Å². The molecular formula is C20H14F2N6. The van der Waals surface area contributed by atoms with Crippen LogP contribution in [0.25, 0.3) is 44.8 Å². The maximum atomic E-state index is 13.8. The number of aromatic nitrogens is 4. The third-order valence-electron chi connectivity index (χ3n) is 4.68. The number of benzene rings is 3. The van der Waals surface area contributed by atoms with Gasteiger partial charge in [-0.2, -0.15) is 0 Å². The van der Waals surface area contributed by atoms with Gasteiger partial charge in [0.15, 0.2) is 0 Å².